The zero-order chi connectivity index (χ0) is 31.7. The maximum absolute atomic E-state index is 14.5. The lowest BCUT2D eigenvalue weighted by atomic mass is 10.0. The number of hydrogen-bond donors (Lipinski definition) is 1. The molecule has 0 aliphatic rings. The molecule has 4 aromatic carbocycles. The van der Waals surface area contributed by atoms with Crippen molar-refractivity contribution in [1.29, 1.82) is 0 Å². The zero-order valence-electron chi connectivity index (χ0n) is 25.2. The second kappa shape index (κ2) is 15.2. The molecule has 0 heterocycles. The van der Waals surface area contributed by atoms with Gasteiger partial charge in [0, 0.05) is 24.0 Å². The SMILES string of the molecule is Cc1ccc(N(CC(=O)N(Cc2cccc(Br)c2)[C@H](Cc2ccccc2)C(=O)NCC(C)C)S(=O)(=O)c2ccccc2)cc1. The quantitative estimate of drug-likeness (QED) is 0.179. The Morgan fingerprint density at radius 3 is 2.05 bits per heavy atom. The molecule has 230 valence electrons. The van der Waals surface area contributed by atoms with Gasteiger partial charge in [-0.15, -0.1) is 0 Å². The molecule has 0 saturated heterocycles. The molecular weight excluding hydrogens is 638 g/mol. The second-order valence-electron chi connectivity index (χ2n) is 11.2. The molecule has 0 aromatic heterocycles. The van der Waals surface area contributed by atoms with Crippen LogP contribution in [0.15, 0.2) is 119 Å². The number of nitrogens with one attached hydrogen (secondary N) is 1. The summed E-state index contributed by atoms with van der Waals surface area (Å²) < 4.78 is 30.0. The normalized spacial score (nSPS) is 12.0. The van der Waals surface area contributed by atoms with Gasteiger partial charge in [-0.05, 0) is 60.4 Å². The van der Waals surface area contributed by atoms with Crippen molar-refractivity contribution in [1.82, 2.24) is 10.2 Å². The number of nitrogens with zero attached hydrogens (tertiary/aromatic N) is 2. The molecule has 4 rings (SSSR count). The number of hydrogen-bond acceptors (Lipinski definition) is 4. The van der Waals surface area contributed by atoms with Crippen LogP contribution in [0, 0.1) is 12.8 Å². The van der Waals surface area contributed by atoms with Gasteiger partial charge in [-0.3, -0.25) is 13.9 Å². The molecule has 4 aromatic rings. The maximum atomic E-state index is 14.5. The third kappa shape index (κ3) is 8.80. The summed E-state index contributed by atoms with van der Waals surface area (Å²) in [7, 11) is -4.12. The van der Waals surface area contributed by atoms with Crippen molar-refractivity contribution < 1.29 is 18.0 Å². The van der Waals surface area contributed by atoms with Crippen LogP contribution < -0.4 is 9.62 Å². The first kappa shape index (κ1) is 33.0. The van der Waals surface area contributed by atoms with E-state index in [-0.39, 0.29) is 29.7 Å². The van der Waals surface area contributed by atoms with Crippen molar-refractivity contribution >= 4 is 43.5 Å². The number of rotatable bonds is 13. The Kier molecular flexibility index (Phi) is 11.4. The lowest BCUT2D eigenvalue weighted by Crippen LogP contribution is -2.53. The minimum absolute atomic E-state index is 0.0717. The van der Waals surface area contributed by atoms with Crippen molar-refractivity contribution in [2.45, 2.75) is 44.7 Å². The molecule has 44 heavy (non-hydrogen) atoms. The fraction of sp³-hybridized carbons (Fsp3) is 0.257. The van der Waals surface area contributed by atoms with Crippen LogP contribution in [0.4, 0.5) is 5.69 Å². The lowest BCUT2D eigenvalue weighted by Gasteiger charge is -2.34. The van der Waals surface area contributed by atoms with Crippen molar-refractivity contribution in [2.24, 2.45) is 5.92 Å². The van der Waals surface area contributed by atoms with E-state index in [0.29, 0.717) is 12.2 Å². The molecule has 0 radical (unpaired) electrons. The molecule has 0 aliphatic carbocycles. The third-order valence-corrected chi connectivity index (χ3v) is 9.41. The topological polar surface area (TPSA) is 86.8 Å². The van der Waals surface area contributed by atoms with E-state index in [0.717, 1.165) is 25.5 Å². The third-order valence-electron chi connectivity index (χ3n) is 7.13. The van der Waals surface area contributed by atoms with Gasteiger partial charge < -0.3 is 10.2 Å². The molecule has 0 fully saturated rings. The van der Waals surface area contributed by atoms with E-state index in [2.05, 4.69) is 21.2 Å². The van der Waals surface area contributed by atoms with Gasteiger partial charge in [-0.2, -0.15) is 0 Å². The summed E-state index contributed by atoms with van der Waals surface area (Å²) >= 11 is 3.51. The van der Waals surface area contributed by atoms with E-state index in [1.54, 1.807) is 30.3 Å². The van der Waals surface area contributed by atoms with E-state index < -0.39 is 28.5 Å². The highest BCUT2D eigenvalue weighted by Crippen LogP contribution is 2.26. The monoisotopic (exact) mass is 675 g/mol. The van der Waals surface area contributed by atoms with Gasteiger partial charge in [0.1, 0.15) is 12.6 Å². The van der Waals surface area contributed by atoms with Crippen LogP contribution in [-0.4, -0.2) is 44.3 Å². The Labute approximate surface area is 269 Å². The molecule has 0 bridgehead atoms. The van der Waals surface area contributed by atoms with Gasteiger partial charge in [-0.1, -0.05) is 108 Å². The van der Waals surface area contributed by atoms with Crippen molar-refractivity contribution in [3.8, 4) is 0 Å². The predicted molar refractivity (Wildman–Crippen MR) is 179 cm³/mol. The van der Waals surface area contributed by atoms with Gasteiger partial charge >= 0.3 is 0 Å². The van der Waals surface area contributed by atoms with Gasteiger partial charge in [0.25, 0.3) is 10.0 Å². The molecule has 2 amide bonds. The minimum atomic E-state index is -4.12. The van der Waals surface area contributed by atoms with Crippen molar-refractivity contribution in [2.75, 3.05) is 17.4 Å². The minimum Gasteiger partial charge on any atom is -0.354 e. The van der Waals surface area contributed by atoms with Crippen LogP contribution in [-0.2, 0) is 32.6 Å². The number of benzene rings is 4. The van der Waals surface area contributed by atoms with E-state index in [1.165, 1.54) is 17.0 Å². The number of carbonyl (C=O) groups is 2. The van der Waals surface area contributed by atoms with E-state index in [9.17, 15) is 18.0 Å². The fourth-order valence-corrected chi connectivity index (χ4v) is 6.65. The molecule has 0 saturated carbocycles. The number of sulfonamides is 1. The van der Waals surface area contributed by atoms with Gasteiger partial charge in [0.2, 0.25) is 11.8 Å². The first-order valence-corrected chi connectivity index (χ1v) is 16.8. The summed E-state index contributed by atoms with van der Waals surface area (Å²) in [4.78, 5) is 29.9. The Morgan fingerprint density at radius 1 is 0.818 bits per heavy atom. The highest BCUT2D eigenvalue weighted by atomic mass is 79.9. The molecule has 0 spiro atoms. The van der Waals surface area contributed by atoms with Gasteiger partial charge in [0.15, 0.2) is 0 Å². The number of aryl methyl sites for hydroxylation is 1. The van der Waals surface area contributed by atoms with E-state index >= 15 is 0 Å². The maximum Gasteiger partial charge on any atom is 0.264 e. The van der Waals surface area contributed by atoms with Crippen LogP contribution in [0.5, 0.6) is 0 Å². The number of carbonyl (C=O) groups excluding carboxylic acids is 2. The van der Waals surface area contributed by atoms with Crippen molar-refractivity contribution in [3.05, 3.63) is 130 Å². The Balaban J connectivity index is 1.79. The number of anilines is 1. The lowest BCUT2D eigenvalue weighted by molar-refractivity contribution is -0.140. The molecular formula is C35H38BrN3O4S. The van der Waals surface area contributed by atoms with Crippen LogP contribution in [0.25, 0.3) is 0 Å². The molecule has 1 atom stereocenters. The summed E-state index contributed by atoms with van der Waals surface area (Å²) in [5, 5.41) is 3.01. The molecule has 1 N–H and O–H groups in total. The first-order chi connectivity index (χ1) is 21.0. The van der Waals surface area contributed by atoms with E-state index in [1.807, 2.05) is 87.5 Å². The second-order valence-corrected chi connectivity index (χ2v) is 13.9. The molecule has 0 aliphatic heterocycles. The largest absolute Gasteiger partial charge is 0.354 e. The Morgan fingerprint density at radius 2 is 1.43 bits per heavy atom. The summed E-state index contributed by atoms with van der Waals surface area (Å²) in [5.41, 5.74) is 3.00. The molecule has 7 nitrogen and oxygen atoms in total. The molecule has 0 unspecified atom stereocenters. The summed E-state index contributed by atoms with van der Waals surface area (Å²) in [6.45, 7) is 5.99. The van der Waals surface area contributed by atoms with E-state index in [4.69, 9.17) is 0 Å². The van der Waals surface area contributed by atoms with Crippen LogP contribution in [0.1, 0.15) is 30.5 Å². The summed E-state index contributed by atoms with van der Waals surface area (Å²) in [6.07, 6.45) is 0.264. The highest BCUT2D eigenvalue weighted by molar-refractivity contribution is 9.10. The van der Waals surface area contributed by atoms with Crippen LogP contribution in [0.3, 0.4) is 0 Å². The van der Waals surface area contributed by atoms with Crippen LogP contribution in [0.2, 0.25) is 0 Å². The average molecular weight is 677 g/mol. The number of halogens is 1. The Bertz CT molecular complexity index is 1650. The zero-order valence-corrected chi connectivity index (χ0v) is 27.6. The van der Waals surface area contributed by atoms with Crippen LogP contribution >= 0.6 is 15.9 Å². The van der Waals surface area contributed by atoms with Gasteiger partial charge in [-0.25, -0.2) is 8.42 Å². The Hall–Kier alpha value is -3.95. The van der Waals surface area contributed by atoms with Crippen molar-refractivity contribution in [3.63, 3.8) is 0 Å². The first-order valence-electron chi connectivity index (χ1n) is 14.5. The molecule has 9 heteroatoms. The predicted octanol–water partition coefficient (Wildman–Crippen LogP) is 6.37. The average Bonchev–Trinajstić information content (AvgIpc) is 3.01. The summed E-state index contributed by atoms with van der Waals surface area (Å²) in [6, 6.07) is 31.2. The standard InChI is InChI=1S/C35H38BrN3O4S/c1-26(2)23-37-35(41)33(22-28-11-6-4-7-12-28)38(24-29-13-10-14-30(36)21-29)34(40)25-39(31-19-17-27(3)18-20-31)44(42,43)32-15-8-5-9-16-32/h4-21,26,33H,22-25H2,1-3H3,(H,37,41)/t33-/m1/s1. The highest BCUT2D eigenvalue weighted by Gasteiger charge is 2.34. The number of amides is 2. The smallest absolute Gasteiger partial charge is 0.264 e. The summed E-state index contributed by atoms with van der Waals surface area (Å²) in [5.74, 6) is -0.581. The van der Waals surface area contributed by atoms with Gasteiger partial charge in [0.05, 0.1) is 10.6 Å². The fourth-order valence-electron chi connectivity index (χ4n) is 4.77.